The smallest absolute Gasteiger partial charge is 0.267 e. The van der Waals surface area contributed by atoms with Crippen LogP contribution in [0.25, 0.3) is 10.7 Å². The van der Waals surface area contributed by atoms with E-state index in [0.29, 0.717) is 21.3 Å². The van der Waals surface area contributed by atoms with Gasteiger partial charge in [-0.2, -0.15) is 0 Å². The lowest BCUT2D eigenvalue weighted by Gasteiger charge is -2.10. The molecule has 2 heterocycles. The van der Waals surface area contributed by atoms with Crippen LogP contribution in [-0.4, -0.2) is 21.8 Å². The minimum atomic E-state index is -0.772. The molecule has 0 bridgehead atoms. The molecule has 6 nitrogen and oxygen atoms in total. The number of hydrogen-bond donors (Lipinski definition) is 2. The molecule has 0 unspecified atom stereocenters. The second-order valence-electron chi connectivity index (χ2n) is 5.60. The fourth-order valence-corrected chi connectivity index (χ4v) is 3.27. The number of anilines is 1. The number of carbonyl (C=O) groups is 2. The molecule has 0 aliphatic rings. The van der Waals surface area contributed by atoms with Crippen molar-refractivity contribution in [2.24, 2.45) is 5.73 Å². The Morgan fingerprint density at radius 1 is 1.23 bits per heavy atom. The number of halogens is 1. The number of aryl methyl sites for hydroxylation is 1. The Bertz CT molecular complexity index is 1000. The monoisotopic (exact) mass is 370 g/mol. The number of pyridine rings is 1. The SMILES string of the molecule is Cc1nc(-c2ccccn2)sc1C(=O)Nc1cc(C(N)=O)cc(F)c1C. The van der Waals surface area contributed by atoms with Gasteiger partial charge >= 0.3 is 0 Å². The van der Waals surface area contributed by atoms with Gasteiger partial charge < -0.3 is 11.1 Å². The Balaban J connectivity index is 1.92. The number of carbonyl (C=O) groups excluding carboxylic acids is 2. The van der Waals surface area contributed by atoms with Crippen LogP contribution in [0.1, 0.15) is 31.3 Å². The number of amides is 2. The maximum atomic E-state index is 14.0. The van der Waals surface area contributed by atoms with Gasteiger partial charge in [-0.05, 0) is 38.1 Å². The first-order chi connectivity index (χ1) is 12.4. The molecule has 2 amide bonds. The van der Waals surface area contributed by atoms with E-state index in [9.17, 15) is 14.0 Å². The molecule has 0 saturated heterocycles. The number of nitrogens with zero attached hydrogens (tertiary/aromatic N) is 2. The van der Waals surface area contributed by atoms with E-state index < -0.39 is 17.6 Å². The van der Waals surface area contributed by atoms with Crippen molar-refractivity contribution in [3.05, 3.63) is 64.0 Å². The Morgan fingerprint density at radius 3 is 2.65 bits per heavy atom. The van der Waals surface area contributed by atoms with Gasteiger partial charge in [-0.1, -0.05) is 6.07 Å². The lowest BCUT2D eigenvalue weighted by atomic mass is 10.1. The van der Waals surface area contributed by atoms with Gasteiger partial charge in [0.2, 0.25) is 5.91 Å². The van der Waals surface area contributed by atoms with E-state index in [1.165, 1.54) is 24.3 Å². The van der Waals surface area contributed by atoms with Gasteiger partial charge in [-0.25, -0.2) is 9.37 Å². The van der Waals surface area contributed by atoms with Crippen LogP contribution in [0.4, 0.5) is 10.1 Å². The summed E-state index contributed by atoms with van der Waals surface area (Å²) in [6, 6.07) is 7.83. The normalized spacial score (nSPS) is 10.6. The maximum absolute atomic E-state index is 14.0. The van der Waals surface area contributed by atoms with E-state index in [4.69, 9.17) is 5.73 Å². The van der Waals surface area contributed by atoms with E-state index in [0.717, 1.165) is 6.07 Å². The molecule has 0 radical (unpaired) electrons. The van der Waals surface area contributed by atoms with Gasteiger partial charge in [0.05, 0.1) is 11.4 Å². The number of nitrogens with two attached hydrogens (primary N) is 1. The fraction of sp³-hybridized carbons (Fsp3) is 0.111. The minimum absolute atomic E-state index is 0.0152. The first-order valence-electron chi connectivity index (χ1n) is 7.67. The summed E-state index contributed by atoms with van der Waals surface area (Å²) in [6.45, 7) is 3.22. The van der Waals surface area contributed by atoms with Gasteiger partial charge in [0.1, 0.15) is 15.7 Å². The average Bonchev–Trinajstić information content (AvgIpc) is 3.01. The molecule has 0 aliphatic heterocycles. The van der Waals surface area contributed by atoms with Crippen molar-refractivity contribution in [1.82, 2.24) is 9.97 Å². The Labute approximate surface area is 152 Å². The molecule has 132 valence electrons. The standard InChI is InChI=1S/C18H15FN4O2S/c1-9-12(19)7-11(16(20)24)8-14(9)23-17(25)15-10(2)22-18(26-15)13-5-3-4-6-21-13/h3-8H,1-2H3,(H2,20,24)(H,23,25). The molecule has 3 N–H and O–H groups in total. The predicted molar refractivity (Wildman–Crippen MR) is 97.7 cm³/mol. The molecule has 8 heteroatoms. The molecule has 2 aromatic heterocycles. The third-order valence-corrected chi connectivity index (χ3v) is 4.94. The molecule has 26 heavy (non-hydrogen) atoms. The highest BCUT2D eigenvalue weighted by Crippen LogP contribution is 2.28. The summed E-state index contributed by atoms with van der Waals surface area (Å²) in [5, 5.41) is 3.24. The van der Waals surface area contributed by atoms with Crippen molar-refractivity contribution >= 4 is 28.8 Å². The summed E-state index contributed by atoms with van der Waals surface area (Å²) in [5.74, 6) is -1.83. The maximum Gasteiger partial charge on any atom is 0.267 e. The van der Waals surface area contributed by atoms with Crippen molar-refractivity contribution < 1.29 is 14.0 Å². The Morgan fingerprint density at radius 2 is 2.00 bits per heavy atom. The van der Waals surface area contributed by atoms with Gasteiger partial charge in [-0.3, -0.25) is 14.6 Å². The van der Waals surface area contributed by atoms with Crippen molar-refractivity contribution in [3.63, 3.8) is 0 Å². The van der Waals surface area contributed by atoms with Crippen LogP contribution in [0.15, 0.2) is 36.5 Å². The molecular weight excluding hydrogens is 355 g/mol. The molecule has 0 aliphatic carbocycles. The van der Waals surface area contributed by atoms with Gasteiger partial charge in [0.25, 0.3) is 5.91 Å². The third-order valence-electron chi connectivity index (χ3n) is 3.76. The zero-order chi connectivity index (χ0) is 18.8. The first-order valence-corrected chi connectivity index (χ1v) is 8.48. The molecule has 0 fully saturated rings. The third kappa shape index (κ3) is 3.45. The topological polar surface area (TPSA) is 98.0 Å². The number of aromatic nitrogens is 2. The highest BCUT2D eigenvalue weighted by atomic mass is 32.1. The van der Waals surface area contributed by atoms with Crippen LogP contribution < -0.4 is 11.1 Å². The second kappa shape index (κ2) is 7.01. The molecule has 0 saturated carbocycles. The van der Waals surface area contributed by atoms with Gasteiger partial charge in [-0.15, -0.1) is 11.3 Å². The quantitative estimate of drug-likeness (QED) is 0.736. The van der Waals surface area contributed by atoms with Crippen LogP contribution in [-0.2, 0) is 0 Å². The van der Waals surface area contributed by atoms with Crippen LogP contribution in [0.3, 0.4) is 0 Å². The Kier molecular flexibility index (Phi) is 4.77. The lowest BCUT2D eigenvalue weighted by molar-refractivity contribution is 0.0996. The molecule has 0 atom stereocenters. The number of hydrogen-bond acceptors (Lipinski definition) is 5. The van der Waals surface area contributed by atoms with Crippen molar-refractivity contribution in [1.29, 1.82) is 0 Å². The Hall–Kier alpha value is -3.13. The van der Waals surface area contributed by atoms with Crippen molar-refractivity contribution in [2.75, 3.05) is 5.32 Å². The summed E-state index contributed by atoms with van der Waals surface area (Å²) in [6.07, 6.45) is 1.65. The van der Waals surface area contributed by atoms with Crippen LogP contribution in [0.2, 0.25) is 0 Å². The summed E-state index contributed by atoms with van der Waals surface area (Å²) in [7, 11) is 0. The molecular formula is C18H15FN4O2S. The number of benzene rings is 1. The first kappa shape index (κ1) is 17.7. The van der Waals surface area contributed by atoms with Crippen LogP contribution in [0, 0.1) is 19.7 Å². The number of nitrogens with one attached hydrogen (secondary N) is 1. The predicted octanol–water partition coefficient (Wildman–Crippen LogP) is 3.31. The molecule has 1 aromatic carbocycles. The van der Waals surface area contributed by atoms with E-state index in [2.05, 4.69) is 15.3 Å². The van der Waals surface area contributed by atoms with Crippen LogP contribution in [0.5, 0.6) is 0 Å². The summed E-state index contributed by atoms with van der Waals surface area (Å²) in [4.78, 5) is 32.9. The van der Waals surface area contributed by atoms with Gasteiger partial charge in [0, 0.05) is 23.0 Å². The summed E-state index contributed by atoms with van der Waals surface area (Å²) < 4.78 is 14.0. The summed E-state index contributed by atoms with van der Waals surface area (Å²) in [5.41, 5.74) is 6.80. The summed E-state index contributed by atoms with van der Waals surface area (Å²) >= 11 is 1.19. The highest BCUT2D eigenvalue weighted by Gasteiger charge is 2.19. The average molecular weight is 370 g/mol. The van der Waals surface area contributed by atoms with Crippen molar-refractivity contribution in [3.8, 4) is 10.7 Å². The zero-order valence-electron chi connectivity index (χ0n) is 14.0. The van der Waals surface area contributed by atoms with E-state index >= 15 is 0 Å². The molecule has 0 spiro atoms. The number of rotatable bonds is 4. The van der Waals surface area contributed by atoms with E-state index in [1.807, 2.05) is 6.07 Å². The van der Waals surface area contributed by atoms with Gasteiger partial charge in [0.15, 0.2) is 0 Å². The second-order valence-corrected chi connectivity index (χ2v) is 6.60. The highest BCUT2D eigenvalue weighted by molar-refractivity contribution is 7.17. The molecule has 3 rings (SSSR count). The largest absolute Gasteiger partial charge is 0.366 e. The van der Waals surface area contributed by atoms with Crippen LogP contribution >= 0.6 is 11.3 Å². The number of primary amides is 1. The van der Waals surface area contributed by atoms with E-state index in [1.54, 1.807) is 25.3 Å². The fourth-order valence-electron chi connectivity index (χ4n) is 2.34. The minimum Gasteiger partial charge on any atom is -0.366 e. The molecule has 3 aromatic rings. The number of thiazole rings is 1. The van der Waals surface area contributed by atoms with Crippen molar-refractivity contribution in [2.45, 2.75) is 13.8 Å². The lowest BCUT2D eigenvalue weighted by Crippen LogP contribution is -2.16. The van der Waals surface area contributed by atoms with E-state index in [-0.39, 0.29) is 16.8 Å². The zero-order valence-corrected chi connectivity index (χ0v) is 14.9.